The highest BCUT2D eigenvalue weighted by molar-refractivity contribution is 14.0. The second kappa shape index (κ2) is 10.7. The zero-order chi connectivity index (χ0) is 13.4. The highest BCUT2D eigenvalue weighted by atomic mass is 127. The molecule has 114 valence electrons. The lowest BCUT2D eigenvalue weighted by Gasteiger charge is -2.17. The van der Waals surface area contributed by atoms with Gasteiger partial charge in [-0.05, 0) is 44.4 Å². The van der Waals surface area contributed by atoms with Gasteiger partial charge in [0, 0.05) is 25.7 Å². The Morgan fingerprint density at radius 2 is 2.05 bits per heavy atom. The molecule has 0 aromatic heterocycles. The number of hydrogen-bond acceptors (Lipinski definition) is 2. The molecule has 0 spiro atoms. The molecular formula is C14H30IN3O. The lowest BCUT2D eigenvalue weighted by atomic mass is 9.94. The Kier molecular flexibility index (Phi) is 10.7. The quantitative estimate of drug-likeness (QED) is 0.343. The Labute approximate surface area is 134 Å². The number of aliphatic imine (C=N–C) groups is 1. The molecule has 19 heavy (non-hydrogen) atoms. The van der Waals surface area contributed by atoms with Crippen molar-refractivity contribution in [3.05, 3.63) is 0 Å². The van der Waals surface area contributed by atoms with Crippen molar-refractivity contribution >= 4 is 29.9 Å². The molecule has 1 aliphatic rings. The van der Waals surface area contributed by atoms with Crippen LogP contribution in [0, 0.1) is 11.8 Å². The maximum absolute atomic E-state index is 9.09. The maximum atomic E-state index is 9.09. The van der Waals surface area contributed by atoms with Crippen LogP contribution in [0.2, 0.25) is 0 Å². The van der Waals surface area contributed by atoms with Crippen LogP contribution >= 0.6 is 24.0 Å². The van der Waals surface area contributed by atoms with Crippen molar-refractivity contribution in [2.45, 2.75) is 52.5 Å². The second-order valence-corrected chi connectivity index (χ2v) is 5.65. The van der Waals surface area contributed by atoms with Crippen molar-refractivity contribution in [1.29, 1.82) is 0 Å². The van der Waals surface area contributed by atoms with Gasteiger partial charge in [0.2, 0.25) is 0 Å². The van der Waals surface area contributed by atoms with Crippen LogP contribution in [-0.2, 0) is 0 Å². The monoisotopic (exact) mass is 383 g/mol. The molecule has 1 aliphatic carbocycles. The Bertz CT molecular complexity index is 255. The van der Waals surface area contributed by atoms with E-state index in [1.54, 1.807) is 0 Å². The summed E-state index contributed by atoms with van der Waals surface area (Å²) in [6.07, 6.45) is 4.50. The van der Waals surface area contributed by atoms with E-state index < -0.39 is 0 Å². The van der Waals surface area contributed by atoms with Crippen molar-refractivity contribution in [2.24, 2.45) is 16.8 Å². The van der Waals surface area contributed by atoms with Crippen LogP contribution in [-0.4, -0.2) is 36.8 Å². The first kappa shape index (κ1) is 19.0. The predicted octanol–water partition coefficient (Wildman–Crippen LogP) is 2.37. The molecule has 0 aliphatic heterocycles. The Morgan fingerprint density at radius 3 is 2.53 bits per heavy atom. The van der Waals surface area contributed by atoms with Gasteiger partial charge in [-0.3, -0.25) is 4.99 Å². The molecule has 1 fully saturated rings. The fourth-order valence-corrected chi connectivity index (χ4v) is 2.09. The van der Waals surface area contributed by atoms with Gasteiger partial charge in [0.1, 0.15) is 0 Å². The van der Waals surface area contributed by atoms with E-state index in [4.69, 9.17) is 5.11 Å². The minimum Gasteiger partial charge on any atom is -0.396 e. The molecule has 5 heteroatoms. The summed E-state index contributed by atoms with van der Waals surface area (Å²) in [5, 5.41) is 15.8. The van der Waals surface area contributed by atoms with Gasteiger partial charge in [0.15, 0.2) is 5.96 Å². The Hall–Kier alpha value is -0.0400. The molecule has 4 nitrogen and oxygen atoms in total. The Morgan fingerprint density at radius 1 is 1.37 bits per heavy atom. The number of guanidine groups is 1. The zero-order valence-corrected chi connectivity index (χ0v) is 14.8. The van der Waals surface area contributed by atoms with Crippen LogP contribution in [0.1, 0.15) is 46.5 Å². The van der Waals surface area contributed by atoms with Crippen LogP contribution in [0.5, 0.6) is 0 Å². The zero-order valence-electron chi connectivity index (χ0n) is 12.5. The normalized spacial score (nSPS) is 17.0. The topological polar surface area (TPSA) is 56.7 Å². The van der Waals surface area contributed by atoms with Crippen molar-refractivity contribution in [3.8, 4) is 0 Å². The predicted molar refractivity (Wildman–Crippen MR) is 92.2 cm³/mol. The molecule has 1 rings (SSSR count). The SMILES string of the molecule is CCNC(=NCC(CCO)CC(C)C)NC1CC1.I. The number of rotatable bonds is 8. The summed E-state index contributed by atoms with van der Waals surface area (Å²) in [6, 6.07) is 0.629. The lowest BCUT2D eigenvalue weighted by Crippen LogP contribution is -2.39. The lowest BCUT2D eigenvalue weighted by molar-refractivity contribution is 0.245. The van der Waals surface area contributed by atoms with E-state index in [2.05, 4.69) is 36.4 Å². The fraction of sp³-hybridized carbons (Fsp3) is 0.929. The third kappa shape index (κ3) is 9.49. The van der Waals surface area contributed by atoms with E-state index >= 15 is 0 Å². The van der Waals surface area contributed by atoms with Gasteiger partial charge < -0.3 is 15.7 Å². The molecule has 1 saturated carbocycles. The highest BCUT2D eigenvalue weighted by Crippen LogP contribution is 2.19. The van der Waals surface area contributed by atoms with Gasteiger partial charge in [-0.15, -0.1) is 24.0 Å². The molecule has 0 aromatic carbocycles. The van der Waals surface area contributed by atoms with Crippen LogP contribution < -0.4 is 10.6 Å². The van der Waals surface area contributed by atoms with Crippen molar-refractivity contribution in [1.82, 2.24) is 10.6 Å². The highest BCUT2D eigenvalue weighted by Gasteiger charge is 2.22. The van der Waals surface area contributed by atoms with Crippen LogP contribution in [0.3, 0.4) is 0 Å². The fourth-order valence-electron chi connectivity index (χ4n) is 2.09. The van der Waals surface area contributed by atoms with E-state index in [-0.39, 0.29) is 30.6 Å². The van der Waals surface area contributed by atoms with Crippen molar-refractivity contribution in [2.75, 3.05) is 19.7 Å². The molecular weight excluding hydrogens is 353 g/mol. The number of hydrogen-bond donors (Lipinski definition) is 3. The van der Waals surface area contributed by atoms with Gasteiger partial charge in [0.25, 0.3) is 0 Å². The molecule has 0 amide bonds. The van der Waals surface area contributed by atoms with E-state index in [1.165, 1.54) is 12.8 Å². The van der Waals surface area contributed by atoms with Gasteiger partial charge in [-0.1, -0.05) is 13.8 Å². The third-order valence-electron chi connectivity index (χ3n) is 3.11. The first-order valence-corrected chi connectivity index (χ1v) is 7.31. The Balaban J connectivity index is 0.00000324. The summed E-state index contributed by atoms with van der Waals surface area (Å²) < 4.78 is 0. The number of halogens is 1. The summed E-state index contributed by atoms with van der Waals surface area (Å²) in [7, 11) is 0. The number of aliphatic hydroxyl groups excluding tert-OH is 1. The number of nitrogens with zero attached hydrogens (tertiary/aromatic N) is 1. The summed E-state index contributed by atoms with van der Waals surface area (Å²) in [5.74, 6) is 2.09. The molecule has 0 heterocycles. The van der Waals surface area contributed by atoms with E-state index in [0.29, 0.717) is 17.9 Å². The van der Waals surface area contributed by atoms with Gasteiger partial charge in [-0.2, -0.15) is 0 Å². The van der Waals surface area contributed by atoms with Crippen LogP contribution in [0.4, 0.5) is 0 Å². The van der Waals surface area contributed by atoms with Gasteiger partial charge in [0.05, 0.1) is 0 Å². The van der Waals surface area contributed by atoms with E-state index in [0.717, 1.165) is 31.9 Å². The van der Waals surface area contributed by atoms with Gasteiger partial charge in [-0.25, -0.2) is 0 Å². The summed E-state index contributed by atoms with van der Waals surface area (Å²) in [4.78, 5) is 4.65. The molecule has 1 unspecified atom stereocenters. The van der Waals surface area contributed by atoms with Crippen LogP contribution in [0.25, 0.3) is 0 Å². The van der Waals surface area contributed by atoms with Gasteiger partial charge >= 0.3 is 0 Å². The first-order chi connectivity index (χ1) is 8.65. The summed E-state index contributed by atoms with van der Waals surface area (Å²) >= 11 is 0. The third-order valence-corrected chi connectivity index (χ3v) is 3.11. The number of nitrogens with one attached hydrogen (secondary N) is 2. The average molecular weight is 383 g/mol. The number of aliphatic hydroxyl groups is 1. The standard InChI is InChI=1S/C14H29N3O.HI/c1-4-15-14(17-13-5-6-13)16-10-12(7-8-18)9-11(2)3;/h11-13,18H,4-10H2,1-3H3,(H2,15,16,17);1H. The summed E-state index contributed by atoms with van der Waals surface area (Å²) in [6.45, 7) is 8.50. The molecule has 0 radical (unpaired) electrons. The van der Waals surface area contributed by atoms with Crippen LogP contribution in [0.15, 0.2) is 4.99 Å². The smallest absolute Gasteiger partial charge is 0.191 e. The first-order valence-electron chi connectivity index (χ1n) is 7.31. The minimum atomic E-state index is 0. The average Bonchev–Trinajstić information content (AvgIpc) is 3.09. The van der Waals surface area contributed by atoms with E-state index in [1.807, 2.05) is 0 Å². The molecule has 0 aromatic rings. The van der Waals surface area contributed by atoms with E-state index in [9.17, 15) is 0 Å². The second-order valence-electron chi connectivity index (χ2n) is 5.65. The largest absolute Gasteiger partial charge is 0.396 e. The molecule has 0 bridgehead atoms. The maximum Gasteiger partial charge on any atom is 0.191 e. The minimum absolute atomic E-state index is 0. The van der Waals surface area contributed by atoms with Crippen molar-refractivity contribution in [3.63, 3.8) is 0 Å². The molecule has 0 saturated heterocycles. The molecule has 1 atom stereocenters. The molecule has 3 N–H and O–H groups in total. The summed E-state index contributed by atoms with van der Waals surface area (Å²) in [5.41, 5.74) is 0. The van der Waals surface area contributed by atoms with Crippen molar-refractivity contribution < 1.29 is 5.11 Å².